The summed E-state index contributed by atoms with van der Waals surface area (Å²) in [6.45, 7) is 0.257. The summed E-state index contributed by atoms with van der Waals surface area (Å²) >= 11 is 3.13. The van der Waals surface area contributed by atoms with Crippen molar-refractivity contribution < 1.29 is 9.72 Å². The van der Waals surface area contributed by atoms with E-state index in [1.54, 1.807) is 6.07 Å². The molecule has 1 aromatic carbocycles. The maximum Gasteiger partial charge on any atom is 0.293 e. The van der Waals surface area contributed by atoms with Crippen LogP contribution in [0.1, 0.15) is 0 Å². The largest absolute Gasteiger partial charge is 0.319 e. The van der Waals surface area contributed by atoms with E-state index in [2.05, 4.69) is 32.5 Å². The van der Waals surface area contributed by atoms with E-state index >= 15 is 0 Å². The summed E-state index contributed by atoms with van der Waals surface area (Å²) in [4.78, 5) is 21.7. The molecule has 0 aromatic heterocycles. The molecular weight excluding hydrogens is 302 g/mol. The van der Waals surface area contributed by atoms with Crippen LogP contribution in [0.5, 0.6) is 0 Å². The molecule has 1 aromatic rings. The van der Waals surface area contributed by atoms with Gasteiger partial charge in [-0.25, -0.2) is 0 Å². The predicted molar refractivity (Wildman–Crippen MR) is 71.1 cm³/mol. The fourth-order valence-corrected chi connectivity index (χ4v) is 1.55. The number of hydrogen-bond donors (Lipinski definition) is 2. The van der Waals surface area contributed by atoms with E-state index in [4.69, 9.17) is 6.42 Å². The van der Waals surface area contributed by atoms with Crippen LogP contribution in [0.15, 0.2) is 22.7 Å². The Bertz CT molecular complexity index is 511. The number of amides is 1. The molecule has 0 atom stereocenters. The van der Waals surface area contributed by atoms with Crippen molar-refractivity contribution in [3.8, 4) is 12.3 Å². The molecule has 0 aliphatic heterocycles. The van der Waals surface area contributed by atoms with E-state index in [1.165, 1.54) is 12.1 Å². The molecule has 0 aliphatic carbocycles. The quantitative estimate of drug-likeness (QED) is 0.374. The molecule has 0 saturated heterocycles. The fraction of sp³-hybridized carbons (Fsp3) is 0.182. The summed E-state index contributed by atoms with van der Waals surface area (Å²) in [5, 5.41) is 15.9. The zero-order chi connectivity index (χ0) is 13.5. The van der Waals surface area contributed by atoms with Crippen LogP contribution < -0.4 is 10.6 Å². The molecule has 0 spiro atoms. The highest BCUT2D eigenvalue weighted by Gasteiger charge is 2.15. The number of carbonyl (C=O) groups is 1. The van der Waals surface area contributed by atoms with Crippen LogP contribution in [0.2, 0.25) is 0 Å². The second kappa shape index (κ2) is 6.74. The van der Waals surface area contributed by atoms with E-state index in [0.717, 1.165) is 0 Å². The molecule has 0 heterocycles. The molecule has 0 aliphatic rings. The number of carbonyl (C=O) groups excluding carboxylic acids is 1. The van der Waals surface area contributed by atoms with Gasteiger partial charge in [0, 0.05) is 10.5 Å². The third kappa shape index (κ3) is 4.16. The molecule has 1 amide bonds. The number of anilines is 1. The zero-order valence-electron chi connectivity index (χ0n) is 9.27. The van der Waals surface area contributed by atoms with Gasteiger partial charge < -0.3 is 5.32 Å². The predicted octanol–water partition coefficient (Wildman–Crippen LogP) is 1.52. The lowest BCUT2D eigenvalue weighted by molar-refractivity contribution is -0.384. The van der Waals surface area contributed by atoms with Gasteiger partial charge in [0.15, 0.2) is 0 Å². The van der Waals surface area contributed by atoms with Crippen molar-refractivity contribution in [2.75, 3.05) is 18.4 Å². The summed E-state index contributed by atoms with van der Waals surface area (Å²) in [5.41, 5.74) is -0.0228. The van der Waals surface area contributed by atoms with Gasteiger partial charge in [-0.1, -0.05) is 21.9 Å². The molecule has 94 valence electrons. The van der Waals surface area contributed by atoms with E-state index in [9.17, 15) is 14.9 Å². The van der Waals surface area contributed by atoms with Crippen LogP contribution in [-0.2, 0) is 4.79 Å². The van der Waals surface area contributed by atoms with Crippen molar-refractivity contribution >= 4 is 33.2 Å². The van der Waals surface area contributed by atoms with Gasteiger partial charge in [0.2, 0.25) is 5.91 Å². The molecule has 1 rings (SSSR count). The Morgan fingerprint density at radius 2 is 2.28 bits per heavy atom. The number of nitro benzene ring substituents is 1. The summed E-state index contributed by atoms with van der Waals surface area (Å²) in [5.74, 6) is 1.93. The molecule has 2 N–H and O–H groups in total. The molecule has 7 heteroatoms. The Balaban J connectivity index is 2.75. The van der Waals surface area contributed by atoms with Crippen LogP contribution in [-0.4, -0.2) is 23.9 Å². The molecule has 18 heavy (non-hydrogen) atoms. The SMILES string of the molecule is C#CCNCC(=O)Nc1ccc(Br)cc1[N+](=O)[O-]. The number of nitrogens with one attached hydrogen (secondary N) is 2. The van der Waals surface area contributed by atoms with Crippen molar-refractivity contribution in [1.82, 2.24) is 5.32 Å². The van der Waals surface area contributed by atoms with E-state index < -0.39 is 10.8 Å². The van der Waals surface area contributed by atoms with E-state index in [0.29, 0.717) is 4.47 Å². The lowest BCUT2D eigenvalue weighted by Crippen LogP contribution is -2.28. The first kappa shape index (κ1) is 14.2. The Morgan fingerprint density at radius 3 is 2.89 bits per heavy atom. The first-order valence-corrected chi connectivity index (χ1v) is 5.72. The summed E-state index contributed by atoms with van der Waals surface area (Å²) in [6.07, 6.45) is 5.01. The van der Waals surface area contributed by atoms with Gasteiger partial charge in [0.25, 0.3) is 5.69 Å². The van der Waals surface area contributed by atoms with Gasteiger partial charge >= 0.3 is 0 Å². The van der Waals surface area contributed by atoms with Gasteiger partial charge in [-0.05, 0) is 12.1 Å². The monoisotopic (exact) mass is 311 g/mol. The van der Waals surface area contributed by atoms with Crippen molar-refractivity contribution in [2.45, 2.75) is 0 Å². The number of rotatable bonds is 5. The average Bonchev–Trinajstić information content (AvgIpc) is 2.31. The highest BCUT2D eigenvalue weighted by Crippen LogP contribution is 2.27. The Kier molecular flexibility index (Phi) is 5.30. The topological polar surface area (TPSA) is 84.3 Å². The lowest BCUT2D eigenvalue weighted by atomic mass is 10.2. The second-order valence-electron chi connectivity index (χ2n) is 3.27. The van der Waals surface area contributed by atoms with Crippen molar-refractivity contribution in [3.05, 3.63) is 32.8 Å². The first-order chi connectivity index (χ1) is 8.54. The van der Waals surface area contributed by atoms with Crippen molar-refractivity contribution in [1.29, 1.82) is 0 Å². The highest BCUT2D eigenvalue weighted by molar-refractivity contribution is 9.10. The van der Waals surface area contributed by atoms with Gasteiger partial charge in [-0.2, -0.15) is 0 Å². The number of halogens is 1. The maximum atomic E-state index is 11.5. The number of terminal acetylenes is 1. The van der Waals surface area contributed by atoms with Gasteiger partial charge in [-0.15, -0.1) is 6.42 Å². The Labute approximate surface area is 112 Å². The smallest absolute Gasteiger partial charge is 0.293 e. The third-order valence-electron chi connectivity index (χ3n) is 1.94. The minimum absolute atomic E-state index is 0.00256. The number of benzene rings is 1. The minimum Gasteiger partial charge on any atom is -0.319 e. The Morgan fingerprint density at radius 1 is 1.56 bits per heavy atom. The van der Waals surface area contributed by atoms with Crippen LogP contribution in [0.25, 0.3) is 0 Å². The zero-order valence-corrected chi connectivity index (χ0v) is 10.9. The van der Waals surface area contributed by atoms with Gasteiger partial charge in [0.05, 0.1) is 18.0 Å². The fourth-order valence-electron chi connectivity index (χ4n) is 1.20. The standard InChI is InChI=1S/C11H10BrN3O3/c1-2-5-13-7-11(16)14-9-4-3-8(12)6-10(9)15(17)18/h1,3-4,6,13H,5,7H2,(H,14,16). The lowest BCUT2D eigenvalue weighted by Gasteiger charge is -2.06. The van der Waals surface area contributed by atoms with Crippen molar-refractivity contribution in [2.24, 2.45) is 0 Å². The first-order valence-electron chi connectivity index (χ1n) is 4.92. The molecule has 0 fully saturated rings. The maximum absolute atomic E-state index is 11.5. The normalized spacial score (nSPS) is 9.56. The van der Waals surface area contributed by atoms with Crippen LogP contribution >= 0.6 is 15.9 Å². The van der Waals surface area contributed by atoms with Gasteiger partial charge in [0.1, 0.15) is 5.69 Å². The van der Waals surface area contributed by atoms with Crippen LogP contribution in [0, 0.1) is 22.5 Å². The van der Waals surface area contributed by atoms with E-state index in [1.807, 2.05) is 0 Å². The molecule has 0 bridgehead atoms. The average molecular weight is 312 g/mol. The number of nitrogens with zero attached hydrogens (tertiary/aromatic N) is 1. The third-order valence-corrected chi connectivity index (χ3v) is 2.44. The molecule has 0 radical (unpaired) electrons. The van der Waals surface area contributed by atoms with Crippen LogP contribution in [0.3, 0.4) is 0 Å². The molecule has 0 saturated carbocycles. The number of nitro groups is 1. The van der Waals surface area contributed by atoms with E-state index in [-0.39, 0.29) is 24.5 Å². The van der Waals surface area contributed by atoms with Gasteiger partial charge in [-0.3, -0.25) is 20.2 Å². The molecule has 0 unspecified atom stereocenters. The Hall–Kier alpha value is -1.91. The molecule has 6 nitrogen and oxygen atoms in total. The highest BCUT2D eigenvalue weighted by atomic mass is 79.9. The second-order valence-corrected chi connectivity index (χ2v) is 4.19. The summed E-state index contributed by atoms with van der Waals surface area (Å²) in [7, 11) is 0. The minimum atomic E-state index is -0.560. The summed E-state index contributed by atoms with van der Waals surface area (Å²) in [6, 6.07) is 4.39. The molecular formula is C11H10BrN3O3. The van der Waals surface area contributed by atoms with Crippen molar-refractivity contribution in [3.63, 3.8) is 0 Å². The van der Waals surface area contributed by atoms with Crippen LogP contribution in [0.4, 0.5) is 11.4 Å². The number of hydrogen-bond acceptors (Lipinski definition) is 4. The summed E-state index contributed by atoms with van der Waals surface area (Å²) < 4.78 is 0.567.